The molecule has 18 heavy (non-hydrogen) atoms. The Bertz CT molecular complexity index is 393. The van der Waals surface area contributed by atoms with E-state index in [-0.39, 0.29) is 6.10 Å². The van der Waals surface area contributed by atoms with Crippen molar-refractivity contribution in [3.63, 3.8) is 0 Å². The Labute approximate surface area is 108 Å². The zero-order valence-corrected chi connectivity index (χ0v) is 11.5. The molecule has 0 radical (unpaired) electrons. The maximum absolute atomic E-state index is 6.42. The summed E-state index contributed by atoms with van der Waals surface area (Å²) in [6, 6.07) is 0. The number of methoxy groups -OCH3 is 1. The lowest BCUT2D eigenvalue weighted by Crippen LogP contribution is -2.41. The summed E-state index contributed by atoms with van der Waals surface area (Å²) in [6.45, 7) is 4.21. The van der Waals surface area contributed by atoms with Crippen molar-refractivity contribution in [1.82, 2.24) is 10.1 Å². The summed E-state index contributed by atoms with van der Waals surface area (Å²) in [4.78, 5) is 4.45. The molecule has 0 saturated heterocycles. The van der Waals surface area contributed by atoms with Gasteiger partial charge in [0.1, 0.15) is 0 Å². The van der Waals surface area contributed by atoms with Crippen LogP contribution in [0.3, 0.4) is 0 Å². The molecule has 5 nitrogen and oxygen atoms in total. The van der Waals surface area contributed by atoms with Crippen LogP contribution >= 0.6 is 0 Å². The van der Waals surface area contributed by atoms with Gasteiger partial charge in [-0.3, -0.25) is 0 Å². The fourth-order valence-electron chi connectivity index (χ4n) is 2.67. The molecule has 5 heteroatoms. The van der Waals surface area contributed by atoms with Gasteiger partial charge in [-0.2, -0.15) is 4.98 Å². The van der Waals surface area contributed by atoms with Crippen LogP contribution in [0.2, 0.25) is 0 Å². The molecule has 1 aliphatic carbocycles. The van der Waals surface area contributed by atoms with E-state index in [2.05, 4.69) is 17.1 Å². The number of aromatic nitrogens is 2. The minimum absolute atomic E-state index is 0.0921. The van der Waals surface area contributed by atoms with Crippen LogP contribution in [-0.4, -0.2) is 23.4 Å². The minimum Gasteiger partial charge on any atom is -0.381 e. The SMILES string of the molecule is COC(C)Cc1noc(C2(N)CCCC(C)C2)n1. The van der Waals surface area contributed by atoms with Gasteiger partial charge in [0.15, 0.2) is 5.82 Å². The lowest BCUT2D eigenvalue weighted by Gasteiger charge is -2.33. The summed E-state index contributed by atoms with van der Waals surface area (Å²) in [5, 5.41) is 4.00. The highest BCUT2D eigenvalue weighted by molar-refractivity contribution is 5.04. The molecule has 0 spiro atoms. The highest BCUT2D eigenvalue weighted by Crippen LogP contribution is 2.36. The molecule has 0 aliphatic heterocycles. The lowest BCUT2D eigenvalue weighted by atomic mass is 9.77. The van der Waals surface area contributed by atoms with Gasteiger partial charge >= 0.3 is 0 Å². The van der Waals surface area contributed by atoms with Crippen LogP contribution in [0.5, 0.6) is 0 Å². The van der Waals surface area contributed by atoms with Gasteiger partial charge in [0, 0.05) is 13.5 Å². The number of hydrogen-bond donors (Lipinski definition) is 1. The van der Waals surface area contributed by atoms with Crippen molar-refractivity contribution >= 4 is 0 Å². The molecule has 1 aromatic rings. The van der Waals surface area contributed by atoms with E-state index in [1.54, 1.807) is 7.11 Å². The minimum atomic E-state index is -0.431. The second kappa shape index (κ2) is 5.36. The average Bonchev–Trinajstić information content (AvgIpc) is 2.78. The summed E-state index contributed by atoms with van der Waals surface area (Å²) in [6.07, 6.45) is 4.97. The predicted octanol–water partition coefficient (Wildman–Crippen LogP) is 2.01. The van der Waals surface area contributed by atoms with Crippen LogP contribution in [0.15, 0.2) is 4.52 Å². The third kappa shape index (κ3) is 2.90. The van der Waals surface area contributed by atoms with E-state index in [1.807, 2.05) is 6.92 Å². The van der Waals surface area contributed by atoms with E-state index in [9.17, 15) is 0 Å². The molecule has 0 aromatic carbocycles. The molecule has 1 heterocycles. The number of nitrogens with zero attached hydrogens (tertiary/aromatic N) is 2. The third-order valence-electron chi connectivity index (χ3n) is 3.80. The fourth-order valence-corrected chi connectivity index (χ4v) is 2.67. The Morgan fingerprint density at radius 2 is 2.39 bits per heavy atom. The smallest absolute Gasteiger partial charge is 0.246 e. The Balaban J connectivity index is 2.08. The molecular formula is C13H23N3O2. The van der Waals surface area contributed by atoms with Crippen molar-refractivity contribution in [2.45, 2.75) is 57.6 Å². The Hall–Kier alpha value is -0.940. The monoisotopic (exact) mass is 253 g/mol. The van der Waals surface area contributed by atoms with Gasteiger partial charge in [-0.1, -0.05) is 24.9 Å². The van der Waals surface area contributed by atoms with E-state index in [4.69, 9.17) is 15.0 Å². The number of hydrogen-bond acceptors (Lipinski definition) is 5. The first-order valence-electron chi connectivity index (χ1n) is 6.68. The van der Waals surface area contributed by atoms with Gasteiger partial charge in [-0.05, 0) is 25.7 Å². The van der Waals surface area contributed by atoms with E-state index < -0.39 is 5.54 Å². The fraction of sp³-hybridized carbons (Fsp3) is 0.846. The summed E-state index contributed by atoms with van der Waals surface area (Å²) in [7, 11) is 1.68. The molecule has 102 valence electrons. The highest BCUT2D eigenvalue weighted by atomic mass is 16.5. The summed E-state index contributed by atoms with van der Waals surface area (Å²) in [5.74, 6) is 1.90. The van der Waals surface area contributed by atoms with Crippen molar-refractivity contribution in [2.24, 2.45) is 11.7 Å². The quantitative estimate of drug-likeness (QED) is 0.888. The van der Waals surface area contributed by atoms with Crippen molar-refractivity contribution in [1.29, 1.82) is 0 Å². The van der Waals surface area contributed by atoms with Gasteiger partial charge in [-0.15, -0.1) is 0 Å². The highest BCUT2D eigenvalue weighted by Gasteiger charge is 2.37. The molecule has 3 atom stereocenters. The lowest BCUT2D eigenvalue weighted by molar-refractivity contribution is 0.116. The molecule has 1 fully saturated rings. The van der Waals surface area contributed by atoms with Crippen LogP contribution in [0.1, 0.15) is 51.2 Å². The molecule has 3 unspecified atom stereocenters. The van der Waals surface area contributed by atoms with E-state index in [1.165, 1.54) is 6.42 Å². The topological polar surface area (TPSA) is 74.2 Å². The zero-order valence-electron chi connectivity index (χ0n) is 11.5. The van der Waals surface area contributed by atoms with Crippen molar-refractivity contribution in [2.75, 3.05) is 7.11 Å². The first-order chi connectivity index (χ1) is 8.53. The maximum atomic E-state index is 6.42. The molecule has 0 bridgehead atoms. The first kappa shape index (κ1) is 13.5. The molecule has 2 rings (SSSR count). The van der Waals surface area contributed by atoms with E-state index in [0.29, 0.717) is 24.1 Å². The van der Waals surface area contributed by atoms with Crippen LogP contribution in [-0.2, 0) is 16.7 Å². The normalized spacial score (nSPS) is 30.3. The Kier molecular flexibility index (Phi) is 4.02. The molecular weight excluding hydrogens is 230 g/mol. The second-order valence-electron chi connectivity index (χ2n) is 5.62. The number of ether oxygens (including phenoxy) is 1. The summed E-state index contributed by atoms with van der Waals surface area (Å²) in [5.41, 5.74) is 5.99. The van der Waals surface area contributed by atoms with Gasteiger partial charge < -0.3 is 15.0 Å². The molecule has 1 saturated carbocycles. The number of nitrogens with two attached hydrogens (primary N) is 1. The van der Waals surface area contributed by atoms with Crippen molar-refractivity contribution in [3.8, 4) is 0 Å². The molecule has 1 aromatic heterocycles. The largest absolute Gasteiger partial charge is 0.381 e. The standard InChI is InChI=1S/C13H23N3O2/c1-9-5-4-6-13(14,8-9)12-15-11(16-18-12)7-10(2)17-3/h9-10H,4-8,14H2,1-3H3. The van der Waals surface area contributed by atoms with Crippen LogP contribution in [0.25, 0.3) is 0 Å². The van der Waals surface area contributed by atoms with Crippen LogP contribution < -0.4 is 5.73 Å². The summed E-state index contributed by atoms with van der Waals surface area (Å²) >= 11 is 0. The first-order valence-corrected chi connectivity index (χ1v) is 6.68. The zero-order chi connectivity index (χ0) is 13.2. The Morgan fingerprint density at radius 3 is 3.06 bits per heavy atom. The van der Waals surface area contributed by atoms with Crippen LogP contribution in [0, 0.1) is 5.92 Å². The van der Waals surface area contributed by atoms with E-state index in [0.717, 1.165) is 19.3 Å². The van der Waals surface area contributed by atoms with Gasteiger partial charge in [-0.25, -0.2) is 0 Å². The van der Waals surface area contributed by atoms with Crippen LogP contribution in [0.4, 0.5) is 0 Å². The predicted molar refractivity (Wildman–Crippen MR) is 68.0 cm³/mol. The van der Waals surface area contributed by atoms with E-state index >= 15 is 0 Å². The van der Waals surface area contributed by atoms with Crippen molar-refractivity contribution < 1.29 is 9.26 Å². The third-order valence-corrected chi connectivity index (χ3v) is 3.80. The maximum Gasteiger partial charge on any atom is 0.246 e. The molecule has 2 N–H and O–H groups in total. The number of rotatable bonds is 4. The van der Waals surface area contributed by atoms with Gasteiger partial charge in [0.05, 0.1) is 11.6 Å². The Morgan fingerprint density at radius 1 is 1.61 bits per heavy atom. The van der Waals surface area contributed by atoms with Crippen molar-refractivity contribution in [3.05, 3.63) is 11.7 Å². The summed E-state index contributed by atoms with van der Waals surface area (Å²) < 4.78 is 10.6. The molecule has 0 amide bonds. The second-order valence-corrected chi connectivity index (χ2v) is 5.62. The van der Waals surface area contributed by atoms with Gasteiger partial charge in [0.25, 0.3) is 0 Å². The molecule has 1 aliphatic rings. The average molecular weight is 253 g/mol. The van der Waals surface area contributed by atoms with Gasteiger partial charge in [0.2, 0.25) is 5.89 Å².